The lowest BCUT2D eigenvalue weighted by Crippen LogP contribution is -2.43. The van der Waals surface area contributed by atoms with Crippen molar-refractivity contribution in [1.29, 1.82) is 0 Å². The molecule has 2 heterocycles. The lowest BCUT2D eigenvalue weighted by Gasteiger charge is -2.36. The Kier molecular flexibility index (Phi) is 6.75. The predicted molar refractivity (Wildman–Crippen MR) is 117 cm³/mol. The maximum Gasteiger partial charge on any atom is 0.255 e. The second kappa shape index (κ2) is 9.68. The van der Waals surface area contributed by atoms with Gasteiger partial charge in [-0.2, -0.15) is 5.10 Å². The molecule has 0 radical (unpaired) electrons. The molecule has 1 amide bonds. The molecule has 1 aromatic heterocycles. The van der Waals surface area contributed by atoms with Crippen molar-refractivity contribution in [3.8, 4) is 11.5 Å². The monoisotopic (exact) mass is 427 g/mol. The molecule has 8 nitrogen and oxygen atoms in total. The van der Waals surface area contributed by atoms with Gasteiger partial charge in [0.15, 0.2) is 5.82 Å². The van der Waals surface area contributed by atoms with E-state index in [2.05, 4.69) is 25.4 Å². The van der Waals surface area contributed by atoms with E-state index in [1.165, 1.54) is 25.7 Å². The molecule has 0 bridgehead atoms. The number of benzene rings is 1. The van der Waals surface area contributed by atoms with Crippen LogP contribution in [0.1, 0.15) is 73.5 Å². The van der Waals surface area contributed by atoms with Crippen LogP contribution in [-0.2, 0) is 0 Å². The van der Waals surface area contributed by atoms with Gasteiger partial charge in [-0.1, -0.05) is 12.8 Å². The summed E-state index contributed by atoms with van der Waals surface area (Å²) in [6.45, 7) is 5.82. The highest BCUT2D eigenvalue weighted by Crippen LogP contribution is 2.30. The van der Waals surface area contributed by atoms with Crippen LogP contribution in [0.2, 0.25) is 0 Å². The average molecular weight is 428 g/mol. The van der Waals surface area contributed by atoms with Crippen molar-refractivity contribution in [3.63, 3.8) is 0 Å². The molecule has 1 saturated heterocycles. The largest absolute Gasteiger partial charge is 0.497 e. The predicted octanol–water partition coefficient (Wildman–Crippen LogP) is 3.40. The van der Waals surface area contributed by atoms with Crippen LogP contribution in [0, 0.1) is 6.92 Å². The van der Waals surface area contributed by atoms with Crippen molar-refractivity contribution in [2.45, 2.75) is 70.6 Å². The van der Waals surface area contributed by atoms with Crippen LogP contribution in [0.5, 0.6) is 11.5 Å². The molecule has 31 heavy (non-hydrogen) atoms. The molecule has 2 aromatic rings. The van der Waals surface area contributed by atoms with Gasteiger partial charge in [0.25, 0.3) is 5.91 Å². The zero-order valence-electron chi connectivity index (χ0n) is 18.7. The van der Waals surface area contributed by atoms with Gasteiger partial charge in [0.2, 0.25) is 0 Å². The first-order valence-corrected chi connectivity index (χ1v) is 11.3. The summed E-state index contributed by atoms with van der Waals surface area (Å²) in [4.78, 5) is 20.0. The Labute approximate surface area is 183 Å². The molecule has 2 fully saturated rings. The number of likely N-dealkylation sites (tertiary alicyclic amines) is 1. The summed E-state index contributed by atoms with van der Waals surface area (Å²) in [7, 11) is 1.59. The number of rotatable bonds is 7. The van der Waals surface area contributed by atoms with E-state index in [1.54, 1.807) is 13.2 Å². The Morgan fingerprint density at radius 2 is 1.97 bits per heavy atom. The van der Waals surface area contributed by atoms with Gasteiger partial charge in [-0.25, -0.2) is 4.98 Å². The molecule has 0 spiro atoms. The fourth-order valence-corrected chi connectivity index (χ4v) is 4.62. The summed E-state index contributed by atoms with van der Waals surface area (Å²) < 4.78 is 11.7. The molecule has 168 valence electrons. The van der Waals surface area contributed by atoms with Crippen LogP contribution >= 0.6 is 0 Å². The highest BCUT2D eigenvalue weighted by Gasteiger charge is 2.29. The second-order valence-electron chi connectivity index (χ2n) is 8.63. The number of nitrogens with zero attached hydrogens (tertiary/aromatic N) is 3. The summed E-state index contributed by atoms with van der Waals surface area (Å²) >= 11 is 0. The maximum atomic E-state index is 13.1. The van der Waals surface area contributed by atoms with Gasteiger partial charge in [-0.3, -0.25) is 9.89 Å². The highest BCUT2D eigenvalue weighted by atomic mass is 16.5. The van der Waals surface area contributed by atoms with Gasteiger partial charge < -0.3 is 19.7 Å². The van der Waals surface area contributed by atoms with Crippen molar-refractivity contribution in [3.05, 3.63) is 35.4 Å². The Bertz CT molecular complexity index is 885. The van der Waals surface area contributed by atoms with E-state index in [-0.39, 0.29) is 18.1 Å². The molecule has 1 aromatic carbocycles. The van der Waals surface area contributed by atoms with Crippen LogP contribution in [0.3, 0.4) is 0 Å². The number of ether oxygens (including phenoxy) is 2. The second-order valence-corrected chi connectivity index (χ2v) is 8.63. The maximum absolute atomic E-state index is 13.1. The zero-order chi connectivity index (χ0) is 21.8. The van der Waals surface area contributed by atoms with Crippen molar-refractivity contribution in [1.82, 2.24) is 25.4 Å². The minimum absolute atomic E-state index is 0.116. The smallest absolute Gasteiger partial charge is 0.255 e. The number of carbonyl (C=O) groups is 1. The zero-order valence-corrected chi connectivity index (χ0v) is 18.7. The summed E-state index contributed by atoms with van der Waals surface area (Å²) in [5.41, 5.74) is 0.469. The number of carbonyl (C=O) groups excluding carboxylic acids is 1. The summed E-state index contributed by atoms with van der Waals surface area (Å²) in [5, 5.41) is 9.92. The number of amides is 1. The van der Waals surface area contributed by atoms with Crippen LogP contribution in [-0.4, -0.2) is 58.3 Å². The van der Waals surface area contributed by atoms with E-state index in [0.29, 0.717) is 28.7 Å². The Hall–Kier alpha value is -2.61. The van der Waals surface area contributed by atoms with Crippen LogP contribution in [0.25, 0.3) is 0 Å². The van der Waals surface area contributed by atoms with Crippen LogP contribution < -0.4 is 14.8 Å². The molecule has 2 aliphatic rings. The minimum Gasteiger partial charge on any atom is -0.497 e. The first-order valence-electron chi connectivity index (χ1n) is 11.3. The minimum atomic E-state index is -0.328. The highest BCUT2D eigenvalue weighted by molar-refractivity contribution is 5.97. The van der Waals surface area contributed by atoms with Crippen LogP contribution in [0.4, 0.5) is 0 Å². The fourth-order valence-electron chi connectivity index (χ4n) is 4.62. The number of aromatic amines is 1. The lowest BCUT2D eigenvalue weighted by molar-refractivity contribution is 0.0748. The van der Waals surface area contributed by atoms with Crippen LogP contribution in [0.15, 0.2) is 18.2 Å². The van der Waals surface area contributed by atoms with E-state index in [9.17, 15) is 4.79 Å². The molecule has 1 aliphatic carbocycles. The molecular weight excluding hydrogens is 394 g/mol. The Morgan fingerprint density at radius 3 is 2.61 bits per heavy atom. The fraction of sp³-hybridized carbons (Fsp3) is 0.609. The van der Waals surface area contributed by atoms with Crippen molar-refractivity contribution >= 4 is 5.91 Å². The normalized spacial score (nSPS) is 19.3. The topological polar surface area (TPSA) is 92.4 Å². The summed E-state index contributed by atoms with van der Waals surface area (Å²) in [6, 6.07) is 5.82. The van der Waals surface area contributed by atoms with E-state index in [0.717, 1.165) is 32.0 Å². The Balaban J connectivity index is 1.42. The van der Waals surface area contributed by atoms with Gasteiger partial charge in [0, 0.05) is 19.1 Å². The quantitative estimate of drug-likeness (QED) is 0.704. The molecule has 4 rings (SSSR count). The van der Waals surface area contributed by atoms with Gasteiger partial charge in [0.1, 0.15) is 23.4 Å². The van der Waals surface area contributed by atoms with E-state index >= 15 is 0 Å². The Morgan fingerprint density at radius 1 is 1.23 bits per heavy atom. The van der Waals surface area contributed by atoms with Gasteiger partial charge >= 0.3 is 0 Å². The standard InChI is InChI=1S/C23H33N5O3/c1-15(22-25-16(2)26-27-22)24-23(29)20-14-19(30-3)8-9-21(20)31-18-10-12-28(13-11-18)17-6-4-5-7-17/h8-9,14-15,17-18H,4-7,10-13H2,1-3H3,(H,24,29)(H,25,26,27)/t15-/m0/s1. The number of hydrogen-bond donors (Lipinski definition) is 2. The number of hydrogen-bond acceptors (Lipinski definition) is 6. The summed E-state index contributed by atoms with van der Waals surface area (Å²) in [6.07, 6.45) is 7.46. The number of H-pyrrole nitrogens is 1. The lowest BCUT2D eigenvalue weighted by atomic mass is 10.0. The molecular formula is C23H33N5O3. The van der Waals surface area contributed by atoms with Gasteiger partial charge in [-0.15, -0.1) is 0 Å². The SMILES string of the molecule is COc1ccc(OC2CCN(C3CCCC3)CC2)c(C(=O)N[C@@H](C)c2n[nH]c(C)n2)c1. The third kappa shape index (κ3) is 5.18. The molecule has 8 heteroatoms. The molecule has 1 atom stereocenters. The van der Waals surface area contributed by atoms with E-state index in [4.69, 9.17) is 9.47 Å². The number of piperidine rings is 1. The molecule has 0 unspecified atom stereocenters. The van der Waals surface area contributed by atoms with Gasteiger partial charge in [0.05, 0.1) is 18.7 Å². The number of aromatic nitrogens is 3. The van der Waals surface area contributed by atoms with Crippen molar-refractivity contribution < 1.29 is 14.3 Å². The van der Waals surface area contributed by atoms with E-state index in [1.807, 2.05) is 26.0 Å². The number of nitrogens with one attached hydrogen (secondary N) is 2. The van der Waals surface area contributed by atoms with Crippen molar-refractivity contribution in [2.75, 3.05) is 20.2 Å². The number of methoxy groups -OCH3 is 1. The van der Waals surface area contributed by atoms with E-state index < -0.39 is 0 Å². The first kappa shape index (κ1) is 21.6. The molecule has 1 aliphatic heterocycles. The third-order valence-electron chi connectivity index (χ3n) is 6.39. The van der Waals surface area contributed by atoms with Gasteiger partial charge in [-0.05, 0) is 57.7 Å². The first-order chi connectivity index (χ1) is 15.0. The van der Waals surface area contributed by atoms with Crippen molar-refractivity contribution in [2.24, 2.45) is 0 Å². The third-order valence-corrected chi connectivity index (χ3v) is 6.39. The molecule has 2 N–H and O–H groups in total. The average Bonchev–Trinajstić information content (AvgIpc) is 3.46. The molecule has 1 saturated carbocycles. The summed E-state index contributed by atoms with van der Waals surface area (Å²) in [5.74, 6) is 2.25. The number of aryl methyl sites for hydroxylation is 1.